The van der Waals surface area contributed by atoms with Crippen LogP contribution in [0.25, 0.3) is 11.2 Å². The van der Waals surface area contributed by atoms with Gasteiger partial charge in [0.05, 0.1) is 12.1 Å². The Morgan fingerprint density at radius 2 is 1.95 bits per heavy atom. The number of benzene rings is 1. The summed E-state index contributed by atoms with van der Waals surface area (Å²) < 4.78 is 28.5. The summed E-state index contributed by atoms with van der Waals surface area (Å²) in [5.74, 6) is -0.841. The lowest BCUT2D eigenvalue weighted by molar-refractivity contribution is 0.383. The van der Waals surface area contributed by atoms with Gasteiger partial charge in [0.1, 0.15) is 5.82 Å². The predicted molar refractivity (Wildman–Crippen MR) is 80.4 cm³/mol. The van der Waals surface area contributed by atoms with E-state index in [1.165, 1.54) is 6.07 Å². The summed E-state index contributed by atoms with van der Waals surface area (Å²) in [6.07, 6.45) is 1.69. The molecule has 0 N–H and O–H groups in total. The number of hydrogen-bond donors (Lipinski definition) is 0. The van der Waals surface area contributed by atoms with Gasteiger partial charge in [0.2, 0.25) is 0 Å². The SMILES string of the molecule is CN(C)Cc1nc2ncccc2n1Cc1ccc(F)c(F)c1. The van der Waals surface area contributed by atoms with Crippen LogP contribution in [0.3, 0.4) is 0 Å². The highest BCUT2D eigenvalue weighted by Gasteiger charge is 2.13. The second-order valence-corrected chi connectivity index (χ2v) is 5.45. The topological polar surface area (TPSA) is 34.0 Å². The standard InChI is InChI=1S/C16H16F2N4/c1-21(2)10-15-20-16-14(4-3-7-19-16)22(15)9-11-5-6-12(17)13(18)8-11/h3-8H,9-10H2,1-2H3. The van der Waals surface area contributed by atoms with E-state index < -0.39 is 11.6 Å². The summed E-state index contributed by atoms with van der Waals surface area (Å²) in [4.78, 5) is 10.8. The van der Waals surface area contributed by atoms with Gasteiger partial charge in [-0.3, -0.25) is 0 Å². The lowest BCUT2D eigenvalue weighted by Crippen LogP contribution is -2.16. The van der Waals surface area contributed by atoms with Crippen molar-refractivity contribution >= 4 is 11.2 Å². The Hall–Kier alpha value is -2.34. The third-order valence-electron chi connectivity index (χ3n) is 3.39. The van der Waals surface area contributed by atoms with Gasteiger partial charge in [-0.15, -0.1) is 0 Å². The van der Waals surface area contributed by atoms with Crippen LogP contribution in [0.15, 0.2) is 36.5 Å². The molecule has 22 heavy (non-hydrogen) atoms. The van der Waals surface area contributed by atoms with Crippen molar-refractivity contribution in [2.75, 3.05) is 14.1 Å². The maximum absolute atomic E-state index is 13.4. The van der Waals surface area contributed by atoms with Crippen LogP contribution >= 0.6 is 0 Å². The molecule has 6 heteroatoms. The lowest BCUT2D eigenvalue weighted by atomic mass is 10.2. The van der Waals surface area contributed by atoms with Crippen molar-refractivity contribution in [1.29, 1.82) is 0 Å². The van der Waals surface area contributed by atoms with E-state index in [-0.39, 0.29) is 0 Å². The molecule has 0 aliphatic heterocycles. The number of aromatic nitrogens is 3. The molecule has 0 saturated heterocycles. The fraction of sp³-hybridized carbons (Fsp3) is 0.250. The minimum absolute atomic E-state index is 0.419. The molecule has 0 atom stereocenters. The highest BCUT2D eigenvalue weighted by molar-refractivity contribution is 5.71. The summed E-state index contributed by atoms with van der Waals surface area (Å²) in [6.45, 7) is 1.06. The molecule has 0 aliphatic carbocycles. The maximum Gasteiger partial charge on any atom is 0.177 e. The summed E-state index contributed by atoms with van der Waals surface area (Å²) in [6, 6.07) is 7.71. The van der Waals surface area contributed by atoms with Crippen LogP contribution in [0.2, 0.25) is 0 Å². The quantitative estimate of drug-likeness (QED) is 0.743. The second-order valence-electron chi connectivity index (χ2n) is 5.45. The first-order chi connectivity index (χ1) is 10.5. The van der Waals surface area contributed by atoms with E-state index in [4.69, 9.17) is 0 Å². The highest BCUT2D eigenvalue weighted by atomic mass is 19.2. The zero-order valence-corrected chi connectivity index (χ0v) is 12.4. The molecular weight excluding hydrogens is 286 g/mol. The zero-order chi connectivity index (χ0) is 15.7. The monoisotopic (exact) mass is 302 g/mol. The van der Waals surface area contributed by atoms with E-state index in [9.17, 15) is 8.78 Å². The van der Waals surface area contributed by atoms with Crippen LogP contribution in [0.4, 0.5) is 8.78 Å². The van der Waals surface area contributed by atoms with E-state index in [1.807, 2.05) is 35.7 Å². The molecule has 0 radical (unpaired) electrons. The highest BCUT2D eigenvalue weighted by Crippen LogP contribution is 2.18. The van der Waals surface area contributed by atoms with E-state index in [2.05, 4.69) is 9.97 Å². The van der Waals surface area contributed by atoms with Crippen LogP contribution in [-0.2, 0) is 13.1 Å². The average Bonchev–Trinajstić information content (AvgIpc) is 2.80. The Bertz CT molecular complexity index is 811. The summed E-state index contributed by atoms with van der Waals surface area (Å²) in [5.41, 5.74) is 2.22. The molecule has 114 valence electrons. The number of fused-ring (bicyclic) bond motifs is 1. The van der Waals surface area contributed by atoms with E-state index >= 15 is 0 Å². The number of rotatable bonds is 4. The van der Waals surface area contributed by atoms with Crippen LogP contribution in [0.5, 0.6) is 0 Å². The van der Waals surface area contributed by atoms with Gasteiger partial charge in [0.15, 0.2) is 17.3 Å². The molecule has 0 unspecified atom stereocenters. The molecule has 3 aromatic rings. The fourth-order valence-corrected chi connectivity index (χ4v) is 2.41. The number of imidazole rings is 1. The Balaban J connectivity index is 2.05. The fourth-order valence-electron chi connectivity index (χ4n) is 2.41. The Kier molecular flexibility index (Phi) is 3.85. The minimum Gasteiger partial charge on any atom is -0.321 e. The van der Waals surface area contributed by atoms with E-state index in [0.29, 0.717) is 24.3 Å². The van der Waals surface area contributed by atoms with Gasteiger partial charge < -0.3 is 9.47 Å². The van der Waals surface area contributed by atoms with Crippen molar-refractivity contribution in [1.82, 2.24) is 19.4 Å². The number of pyridine rings is 1. The van der Waals surface area contributed by atoms with Crippen LogP contribution in [0.1, 0.15) is 11.4 Å². The molecule has 0 bridgehead atoms. The van der Waals surface area contributed by atoms with Crippen LogP contribution in [-0.4, -0.2) is 33.5 Å². The first kappa shape index (κ1) is 14.6. The van der Waals surface area contributed by atoms with Crippen molar-refractivity contribution in [3.05, 3.63) is 59.6 Å². The summed E-state index contributed by atoms with van der Waals surface area (Å²) in [5, 5.41) is 0. The molecule has 2 heterocycles. The molecule has 0 aliphatic rings. The summed E-state index contributed by atoms with van der Waals surface area (Å²) in [7, 11) is 3.91. The molecular formula is C16H16F2N4. The average molecular weight is 302 g/mol. The van der Waals surface area contributed by atoms with Crippen molar-refractivity contribution in [3.63, 3.8) is 0 Å². The predicted octanol–water partition coefficient (Wildman–Crippen LogP) is 2.82. The molecule has 0 saturated carbocycles. The van der Waals surface area contributed by atoms with Crippen molar-refractivity contribution in [2.45, 2.75) is 13.1 Å². The Labute approximate surface area is 127 Å². The van der Waals surface area contributed by atoms with Gasteiger partial charge in [-0.1, -0.05) is 6.07 Å². The lowest BCUT2D eigenvalue weighted by Gasteiger charge is -2.13. The molecule has 2 aromatic heterocycles. The summed E-state index contributed by atoms with van der Waals surface area (Å²) >= 11 is 0. The second kappa shape index (κ2) is 5.81. The smallest absolute Gasteiger partial charge is 0.177 e. The van der Waals surface area contributed by atoms with Crippen LogP contribution < -0.4 is 0 Å². The Morgan fingerprint density at radius 3 is 2.68 bits per heavy atom. The number of halogens is 2. The number of nitrogens with zero attached hydrogens (tertiary/aromatic N) is 4. The van der Waals surface area contributed by atoms with Gasteiger partial charge in [-0.2, -0.15) is 0 Å². The van der Waals surface area contributed by atoms with Gasteiger partial charge in [0, 0.05) is 12.7 Å². The Morgan fingerprint density at radius 1 is 1.14 bits per heavy atom. The van der Waals surface area contributed by atoms with E-state index in [0.717, 1.165) is 17.4 Å². The molecule has 0 amide bonds. The molecule has 0 spiro atoms. The molecule has 1 aromatic carbocycles. The van der Waals surface area contributed by atoms with Crippen molar-refractivity contribution < 1.29 is 8.78 Å². The molecule has 3 rings (SSSR count). The molecule has 4 nitrogen and oxygen atoms in total. The van der Waals surface area contributed by atoms with Gasteiger partial charge in [-0.25, -0.2) is 18.7 Å². The van der Waals surface area contributed by atoms with Crippen molar-refractivity contribution in [3.8, 4) is 0 Å². The van der Waals surface area contributed by atoms with Gasteiger partial charge >= 0.3 is 0 Å². The third-order valence-corrected chi connectivity index (χ3v) is 3.39. The van der Waals surface area contributed by atoms with Crippen LogP contribution in [0, 0.1) is 11.6 Å². The maximum atomic E-state index is 13.4. The normalized spacial score (nSPS) is 11.5. The first-order valence-electron chi connectivity index (χ1n) is 6.93. The van der Waals surface area contributed by atoms with Gasteiger partial charge in [-0.05, 0) is 43.9 Å². The van der Waals surface area contributed by atoms with E-state index in [1.54, 1.807) is 12.3 Å². The van der Waals surface area contributed by atoms with Gasteiger partial charge in [0.25, 0.3) is 0 Å². The minimum atomic E-state index is -0.839. The largest absolute Gasteiger partial charge is 0.321 e. The third kappa shape index (κ3) is 2.82. The zero-order valence-electron chi connectivity index (χ0n) is 12.4. The van der Waals surface area contributed by atoms with Crippen molar-refractivity contribution in [2.24, 2.45) is 0 Å². The first-order valence-corrected chi connectivity index (χ1v) is 6.93. The number of hydrogen-bond acceptors (Lipinski definition) is 3. The molecule has 0 fully saturated rings.